The van der Waals surface area contributed by atoms with Gasteiger partial charge in [-0.1, -0.05) is 18.1 Å². The van der Waals surface area contributed by atoms with Crippen molar-refractivity contribution in [2.45, 2.75) is 12.5 Å². The first-order valence-electron chi connectivity index (χ1n) is 3.94. The molecule has 1 atom stereocenters. The molecule has 0 aliphatic carbocycles. The predicted molar refractivity (Wildman–Crippen MR) is 45.7 cm³/mol. The van der Waals surface area contributed by atoms with Crippen LogP contribution in [-0.4, -0.2) is 28.2 Å². The highest BCUT2D eigenvalue weighted by molar-refractivity contribution is 5.02. The van der Waals surface area contributed by atoms with Crippen LogP contribution < -0.4 is 16.4 Å². The zero-order valence-corrected chi connectivity index (χ0v) is 7.40. The second-order valence-electron chi connectivity index (χ2n) is 2.60. The van der Waals surface area contributed by atoms with E-state index >= 15 is 0 Å². The molecule has 0 fully saturated rings. The lowest BCUT2D eigenvalue weighted by Crippen LogP contribution is -2.90. The fourth-order valence-electron chi connectivity index (χ4n) is 0.927. The highest BCUT2D eigenvalue weighted by Gasteiger charge is 2.16. The Labute approximate surface area is 76.4 Å². The van der Waals surface area contributed by atoms with Gasteiger partial charge in [-0.15, -0.1) is 0 Å². The molecule has 0 heterocycles. The minimum atomic E-state index is -0.174. The van der Waals surface area contributed by atoms with Crippen LogP contribution in [0.25, 0.3) is 0 Å². The summed E-state index contributed by atoms with van der Waals surface area (Å²) in [5.41, 5.74) is 4.86. The molecule has 0 spiro atoms. The van der Waals surface area contributed by atoms with Gasteiger partial charge in [0.05, 0.1) is 6.42 Å². The number of allylic oxidation sites excluding steroid dienone is 2. The summed E-state index contributed by atoms with van der Waals surface area (Å²) in [4.78, 5) is 0. The van der Waals surface area contributed by atoms with Gasteiger partial charge in [-0.3, -0.25) is 0 Å². The monoisotopic (exact) mass is 192 g/mol. The van der Waals surface area contributed by atoms with Gasteiger partial charge >= 0.3 is 0 Å². The summed E-state index contributed by atoms with van der Waals surface area (Å²) in [7, 11) is 0. The Hall–Kier alpha value is -0.760. The lowest BCUT2D eigenvalue weighted by molar-refractivity contribution is -0.913. The van der Waals surface area contributed by atoms with E-state index in [1.165, 1.54) is 0 Å². The zero-order valence-electron chi connectivity index (χ0n) is 7.40. The molecule has 76 valence electrons. The molecule has 0 aromatic rings. The van der Waals surface area contributed by atoms with Crippen molar-refractivity contribution in [3.63, 3.8) is 0 Å². The van der Waals surface area contributed by atoms with Gasteiger partial charge in [-0.25, -0.2) is 10.4 Å². The Morgan fingerprint density at radius 2 is 2.31 bits per heavy atom. The zero-order chi connectivity index (χ0) is 10.1. The molecule has 6 nitrogen and oxygen atoms in total. The van der Waals surface area contributed by atoms with E-state index in [2.05, 4.69) is 12.1 Å². The maximum Gasteiger partial charge on any atom is 0.144 e. The first-order chi connectivity index (χ1) is 6.28. The average Bonchev–Trinajstić information content (AvgIpc) is 2.16. The summed E-state index contributed by atoms with van der Waals surface area (Å²) in [5.74, 6) is 0. The molecule has 13 heavy (non-hydrogen) atoms. The molecule has 0 bridgehead atoms. The second kappa shape index (κ2) is 7.87. The predicted octanol–water partition coefficient (Wildman–Crippen LogP) is -3.05. The number of hydrogen-bond donors (Lipinski definition) is 5. The number of hydroxylamine groups is 3. The van der Waals surface area contributed by atoms with Gasteiger partial charge in [0.15, 0.2) is 0 Å². The fourth-order valence-corrected chi connectivity index (χ4v) is 0.927. The molecular weight excluding hydrogens is 174 g/mol. The number of rotatable bonds is 7. The lowest BCUT2D eigenvalue weighted by Gasteiger charge is -2.07. The number of hydrogen-bond acceptors (Lipinski definition) is 3. The molecule has 1 unspecified atom stereocenters. The molecule has 0 amide bonds. The maximum absolute atomic E-state index is 8.77. The van der Waals surface area contributed by atoms with Gasteiger partial charge in [0.1, 0.15) is 18.3 Å². The lowest BCUT2D eigenvalue weighted by atomic mass is 10.1. The van der Waals surface area contributed by atoms with Crippen LogP contribution in [0.5, 0.6) is 0 Å². The van der Waals surface area contributed by atoms with Crippen LogP contribution in [0.2, 0.25) is 0 Å². The summed E-state index contributed by atoms with van der Waals surface area (Å²) >= 11 is 0. The van der Waals surface area contributed by atoms with Crippen molar-refractivity contribution in [2.75, 3.05) is 6.54 Å². The van der Waals surface area contributed by atoms with Crippen LogP contribution in [-0.2, 0) is 0 Å². The Morgan fingerprint density at radius 3 is 2.69 bits per heavy atom. The van der Waals surface area contributed by atoms with E-state index in [1.54, 1.807) is 12.2 Å². The van der Waals surface area contributed by atoms with Crippen LogP contribution in [0.3, 0.4) is 0 Å². The van der Waals surface area contributed by atoms with Crippen molar-refractivity contribution in [1.29, 1.82) is 0 Å². The Kier molecular flexibility index (Phi) is 7.41. The largest absolute Gasteiger partial charge is 0.341 e. The molecule has 0 rings (SSSR count). The van der Waals surface area contributed by atoms with E-state index in [-0.39, 0.29) is 6.04 Å². The first kappa shape index (κ1) is 12.2. The summed E-state index contributed by atoms with van der Waals surface area (Å²) in [5, 5.41) is 24.3. The summed E-state index contributed by atoms with van der Waals surface area (Å²) < 4.78 is 0. The molecule has 0 radical (unpaired) electrons. The van der Waals surface area contributed by atoms with Crippen LogP contribution in [0, 0.1) is 0 Å². The SMILES string of the molecule is C=CC=C(CC(CN[OH2+])[NH2+]O)[NH2+]O. The number of nitrogens with two attached hydrogens (primary N) is 2. The Balaban J connectivity index is 4.02. The Bertz CT molecular complexity index is 172. The van der Waals surface area contributed by atoms with Crippen LogP contribution in [0.15, 0.2) is 24.4 Å². The van der Waals surface area contributed by atoms with Gasteiger partial charge in [-0.2, -0.15) is 11.0 Å². The smallest absolute Gasteiger partial charge is 0.144 e. The molecule has 0 aromatic heterocycles. The molecule has 0 saturated carbocycles. The van der Waals surface area contributed by atoms with E-state index in [9.17, 15) is 0 Å². The van der Waals surface area contributed by atoms with Crippen LogP contribution in [0.4, 0.5) is 0 Å². The van der Waals surface area contributed by atoms with Crippen LogP contribution in [0.1, 0.15) is 6.42 Å². The Morgan fingerprint density at radius 1 is 1.62 bits per heavy atom. The highest BCUT2D eigenvalue weighted by Crippen LogP contribution is 1.93. The summed E-state index contributed by atoms with van der Waals surface area (Å²) in [6.45, 7) is 3.84. The van der Waals surface area contributed by atoms with Crippen molar-refractivity contribution in [3.8, 4) is 0 Å². The van der Waals surface area contributed by atoms with Gasteiger partial charge in [0.2, 0.25) is 0 Å². The number of quaternary nitrogens is 2. The molecule has 9 N–H and O–H groups in total. The quantitative estimate of drug-likeness (QED) is 0.168. The van der Waals surface area contributed by atoms with E-state index < -0.39 is 0 Å². The van der Waals surface area contributed by atoms with Crippen molar-refractivity contribution in [1.82, 2.24) is 5.48 Å². The molecule has 0 aliphatic rings. The van der Waals surface area contributed by atoms with Gasteiger partial charge < -0.3 is 5.21 Å². The third-order valence-corrected chi connectivity index (χ3v) is 1.57. The van der Waals surface area contributed by atoms with Crippen molar-refractivity contribution < 1.29 is 26.6 Å². The van der Waals surface area contributed by atoms with E-state index in [1.807, 2.05) is 0 Å². The fraction of sp³-hybridized carbons (Fsp3) is 0.429. The van der Waals surface area contributed by atoms with Gasteiger partial charge in [-0.05, 0) is 6.08 Å². The molecule has 0 aromatic carbocycles. The van der Waals surface area contributed by atoms with Crippen molar-refractivity contribution in [3.05, 3.63) is 24.4 Å². The maximum atomic E-state index is 8.77. The highest BCUT2D eigenvalue weighted by atomic mass is 16.5. The van der Waals surface area contributed by atoms with Crippen molar-refractivity contribution >= 4 is 0 Å². The summed E-state index contributed by atoms with van der Waals surface area (Å²) in [6.07, 6.45) is 3.69. The summed E-state index contributed by atoms with van der Waals surface area (Å²) in [6, 6.07) is -0.174. The van der Waals surface area contributed by atoms with Gasteiger partial charge in [0.25, 0.3) is 0 Å². The van der Waals surface area contributed by atoms with E-state index in [4.69, 9.17) is 15.6 Å². The molecule has 0 saturated heterocycles. The normalized spacial score (nSPS) is 14.2. The number of nitrogens with one attached hydrogen (secondary N) is 1. The standard InChI is InChI=1S/C7H15N3O3/c1-2-3-6(9-12)4-7(10-13)5-8-11/h2-3,7-13H,1,4-5H2/p+3. The van der Waals surface area contributed by atoms with Crippen LogP contribution >= 0.6 is 0 Å². The third-order valence-electron chi connectivity index (χ3n) is 1.57. The van der Waals surface area contributed by atoms with E-state index in [0.29, 0.717) is 18.7 Å². The minimum Gasteiger partial charge on any atom is -0.341 e. The third kappa shape index (κ3) is 5.47. The molecular formula is C7H18N3O3+3. The van der Waals surface area contributed by atoms with E-state index in [0.717, 1.165) is 11.0 Å². The average molecular weight is 192 g/mol. The molecule has 0 aliphatic heterocycles. The van der Waals surface area contributed by atoms with Gasteiger partial charge in [0, 0.05) is 0 Å². The second-order valence-corrected chi connectivity index (χ2v) is 2.60. The molecule has 6 heteroatoms. The topological polar surface area (TPSA) is 109 Å². The first-order valence-corrected chi connectivity index (χ1v) is 3.94. The minimum absolute atomic E-state index is 0.174. The van der Waals surface area contributed by atoms with Crippen molar-refractivity contribution in [2.24, 2.45) is 0 Å².